The molecule has 0 aromatic heterocycles. The van der Waals surface area contributed by atoms with Crippen molar-refractivity contribution in [2.24, 2.45) is 0 Å². The molecule has 1 aromatic carbocycles. The van der Waals surface area contributed by atoms with E-state index in [0.717, 1.165) is 37.7 Å². The Balaban J connectivity index is 1.86. The second kappa shape index (κ2) is 8.93. The molecule has 0 spiro atoms. The molecular weight excluding hydrogens is 359 g/mol. The van der Waals surface area contributed by atoms with Gasteiger partial charge in [-0.3, -0.25) is 4.90 Å². The van der Waals surface area contributed by atoms with Crippen molar-refractivity contribution in [3.8, 4) is 0 Å². The average Bonchev–Trinajstić information content (AvgIpc) is 2.54. The van der Waals surface area contributed by atoms with Crippen molar-refractivity contribution in [3.63, 3.8) is 0 Å². The molecule has 1 saturated heterocycles. The maximum absolute atomic E-state index is 12.5. The van der Waals surface area contributed by atoms with Crippen LogP contribution < -0.4 is 5.32 Å². The molecule has 0 bridgehead atoms. The van der Waals surface area contributed by atoms with E-state index in [1.165, 1.54) is 11.9 Å². The Labute approximate surface area is 158 Å². The fourth-order valence-corrected chi connectivity index (χ4v) is 3.14. The minimum Gasteiger partial charge on any atom is -0.373 e. The lowest BCUT2D eigenvalue weighted by Crippen LogP contribution is -2.47. The summed E-state index contributed by atoms with van der Waals surface area (Å²) in [7, 11) is 1.48. The summed E-state index contributed by atoms with van der Waals surface area (Å²) in [5, 5.41) is 1.96. The monoisotopic (exact) mass is 387 g/mol. The number of morpholine rings is 1. The van der Waals surface area contributed by atoms with Crippen molar-refractivity contribution < 1.29 is 22.7 Å². The highest BCUT2D eigenvalue weighted by Gasteiger charge is 2.37. The number of nitrogens with zero attached hydrogens (tertiary/aromatic N) is 2. The molecule has 1 aliphatic rings. The van der Waals surface area contributed by atoms with Gasteiger partial charge in [0.2, 0.25) is 0 Å². The number of benzene rings is 1. The summed E-state index contributed by atoms with van der Waals surface area (Å²) < 4.78 is 43.4. The van der Waals surface area contributed by atoms with Crippen LogP contribution in [0.5, 0.6) is 0 Å². The van der Waals surface area contributed by atoms with Crippen LogP contribution in [0.4, 0.5) is 18.0 Å². The van der Waals surface area contributed by atoms with Crippen molar-refractivity contribution in [2.45, 2.75) is 58.3 Å². The normalized spacial score (nSPS) is 22.3. The maximum atomic E-state index is 12.5. The molecule has 1 aliphatic heterocycles. The standard InChI is InChI=1S/C19H28F3N3O2/c1-13-9-25(10-14(2)27-13)12-17-7-5-16(6-8-17)11-24(4)18(26)23-15(3)19(20,21)22/h5-8,13-15H,9-12H2,1-4H3,(H,23,26)/t13-,14+,15-/m1/s1. The van der Waals surface area contributed by atoms with E-state index in [2.05, 4.69) is 18.7 Å². The number of nitrogens with one attached hydrogen (secondary N) is 1. The van der Waals surface area contributed by atoms with Gasteiger partial charge in [0.1, 0.15) is 6.04 Å². The predicted molar refractivity (Wildman–Crippen MR) is 97.2 cm³/mol. The summed E-state index contributed by atoms with van der Waals surface area (Å²) in [4.78, 5) is 15.5. The fraction of sp³-hybridized carbons (Fsp3) is 0.632. The van der Waals surface area contributed by atoms with Gasteiger partial charge in [0.25, 0.3) is 0 Å². The number of halogens is 3. The Bertz CT molecular complexity index is 612. The molecule has 27 heavy (non-hydrogen) atoms. The first kappa shape index (κ1) is 21.5. The molecule has 1 N–H and O–H groups in total. The first-order valence-corrected chi connectivity index (χ1v) is 9.08. The number of amides is 2. The van der Waals surface area contributed by atoms with E-state index in [9.17, 15) is 18.0 Å². The van der Waals surface area contributed by atoms with E-state index >= 15 is 0 Å². The minimum atomic E-state index is -4.45. The molecule has 1 aromatic rings. The molecule has 0 radical (unpaired) electrons. The van der Waals surface area contributed by atoms with E-state index in [0.29, 0.717) is 0 Å². The van der Waals surface area contributed by atoms with Gasteiger partial charge in [-0.2, -0.15) is 13.2 Å². The number of hydrogen-bond acceptors (Lipinski definition) is 3. The zero-order valence-electron chi connectivity index (χ0n) is 16.2. The largest absolute Gasteiger partial charge is 0.408 e. The van der Waals surface area contributed by atoms with E-state index in [4.69, 9.17) is 4.74 Å². The molecule has 0 unspecified atom stereocenters. The maximum Gasteiger partial charge on any atom is 0.408 e. The number of ether oxygens (including phenoxy) is 1. The highest BCUT2D eigenvalue weighted by Crippen LogP contribution is 2.20. The van der Waals surface area contributed by atoms with Gasteiger partial charge in [-0.25, -0.2) is 4.79 Å². The van der Waals surface area contributed by atoms with Crippen LogP contribution in [0.3, 0.4) is 0 Å². The lowest BCUT2D eigenvalue weighted by molar-refractivity contribution is -0.149. The van der Waals surface area contributed by atoms with E-state index in [-0.39, 0.29) is 18.8 Å². The number of carbonyl (C=O) groups is 1. The van der Waals surface area contributed by atoms with Crippen molar-refractivity contribution in [1.29, 1.82) is 0 Å². The van der Waals surface area contributed by atoms with Crippen LogP contribution in [0.1, 0.15) is 31.9 Å². The van der Waals surface area contributed by atoms with Gasteiger partial charge in [0, 0.05) is 33.2 Å². The molecule has 2 amide bonds. The molecule has 3 atom stereocenters. The summed E-state index contributed by atoms with van der Waals surface area (Å²) in [6, 6.07) is 5.15. The summed E-state index contributed by atoms with van der Waals surface area (Å²) in [5.74, 6) is 0. The number of alkyl halides is 3. The molecule has 1 fully saturated rings. The minimum absolute atomic E-state index is 0.208. The lowest BCUT2D eigenvalue weighted by Gasteiger charge is -2.35. The lowest BCUT2D eigenvalue weighted by atomic mass is 10.1. The second-order valence-corrected chi connectivity index (χ2v) is 7.34. The molecule has 2 rings (SSSR count). The Morgan fingerprint density at radius 2 is 1.74 bits per heavy atom. The molecule has 0 aliphatic carbocycles. The average molecular weight is 387 g/mol. The van der Waals surface area contributed by atoms with Crippen LogP contribution >= 0.6 is 0 Å². The summed E-state index contributed by atoms with van der Waals surface area (Å²) in [5.41, 5.74) is 2.01. The van der Waals surface area contributed by atoms with E-state index in [1.807, 2.05) is 29.6 Å². The van der Waals surface area contributed by atoms with Gasteiger partial charge < -0.3 is 15.0 Å². The number of rotatable bonds is 5. The fourth-order valence-electron chi connectivity index (χ4n) is 3.14. The van der Waals surface area contributed by atoms with Gasteiger partial charge in [0.05, 0.1) is 12.2 Å². The number of urea groups is 1. The van der Waals surface area contributed by atoms with Crippen LogP contribution in [0, 0.1) is 0 Å². The molecule has 1 heterocycles. The van der Waals surface area contributed by atoms with Crippen molar-refractivity contribution in [2.75, 3.05) is 20.1 Å². The molecule has 5 nitrogen and oxygen atoms in total. The van der Waals surface area contributed by atoms with Crippen LogP contribution in [0.25, 0.3) is 0 Å². The topological polar surface area (TPSA) is 44.8 Å². The summed E-state index contributed by atoms with van der Waals surface area (Å²) in [6.07, 6.45) is -4.04. The highest BCUT2D eigenvalue weighted by molar-refractivity contribution is 5.74. The van der Waals surface area contributed by atoms with Crippen molar-refractivity contribution in [3.05, 3.63) is 35.4 Å². The van der Waals surface area contributed by atoms with Crippen LogP contribution in [0.2, 0.25) is 0 Å². The molecular formula is C19H28F3N3O2. The van der Waals surface area contributed by atoms with Gasteiger partial charge >= 0.3 is 12.2 Å². The third kappa shape index (κ3) is 6.70. The van der Waals surface area contributed by atoms with E-state index < -0.39 is 18.2 Å². The first-order valence-electron chi connectivity index (χ1n) is 9.08. The Kier molecular flexibility index (Phi) is 7.11. The molecule has 0 saturated carbocycles. The SMILES string of the molecule is C[C@@H]1CN(Cc2ccc(CN(C)C(=O)N[C@H](C)C(F)(F)F)cc2)C[C@H](C)O1. The number of hydrogen-bond donors (Lipinski definition) is 1. The summed E-state index contributed by atoms with van der Waals surface area (Å²) >= 11 is 0. The van der Waals surface area contributed by atoms with Crippen molar-refractivity contribution in [1.82, 2.24) is 15.1 Å². The van der Waals surface area contributed by atoms with Gasteiger partial charge in [-0.1, -0.05) is 24.3 Å². The first-order chi connectivity index (χ1) is 12.5. The van der Waals surface area contributed by atoms with Crippen molar-refractivity contribution >= 4 is 6.03 Å². The van der Waals surface area contributed by atoms with Gasteiger partial charge in [0.15, 0.2) is 0 Å². The third-order valence-corrected chi connectivity index (χ3v) is 4.52. The van der Waals surface area contributed by atoms with Crippen LogP contribution in [-0.2, 0) is 17.8 Å². The quantitative estimate of drug-likeness (QED) is 0.842. The smallest absolute Gasteiger partial charge is 0.373 e. The highest BCUT2D eigenvalue weighted by atomic mass is 19.4. The predicted octanol–water partition coefficient (Wildman–Crippen LogP) is 3.39. The third-order valence-electron chi connectivity index (χ3n) is 4.52. The van der Waals surface area contributed by atoms with Crippen LogP contribution in [-0.4, -0.2) is 60.4 Å². The van der Waals surface area contributed by atoms with E-state index in [1.54, 1.807) is 0 Å². The number of carbonyl (C=O) groups excluding carboxylic acids is 1. The summed E-state index contributed by atoms with van der Waals surface area (Å²) in [6.45, 7) is 7.87. The Morgan fingerprint density at radius 1 is 1.22 bits per heavy atom. The van der Waals surface area contributed by atoms with Gasteiger partial charge in [-0.05, 0) is 31.9 Å². The molecule has 8 heteroatoms. The van der Waals surface area contributed by atoms with Gasteiger partial charge in [-0.15, -0.1) is 0 Å². The second-order valence-electron chi connectivity index (χ2n) is 7.34. The van der Waals surface area contributed by atoms with Crippen LogP contribution in [0.15, 0.2) is 24.3 Å². The molecule has 152 valence electrons. The Morgan fingerprint density at radius 3 is 2.26 bits per heavy atom. The zero-order valence-corrected chi connectivity index (χ0v) is 16.2. The Hall–Kier alpha value is -1.80. The zero-order chi connectivity index (χ0) is 20.2.